The van der Waals surface area contributed by atoms with Gasteiger partial charge < -0.3 is 11.1 Å². The molecule has 18 heavy (non-hydrogen) atoms. The fourth-order valence-electron chi connectivity index (χ4n) is 1.31. The summed E-state index contributed by atoms with van der Waals surface area (Å²) in [5, 5.41) is 3.22. The minimum atomic E-state index is -0.312. The summed E-state index contributed by atoms with van der Waals surface area (Å²) < 4.78 is 0.771. The highest BCUT2D eigenvalue weighted by atomic mass is 79.9. The lowest BCUT2D eigenvalue weighted by atomic mass is 10.3. The molecule has 2 aromatic rings. The van der Waals surface area contributed by atoms with Crippen LogP contribution in [0.5, 0.6) is 0 Å². The molecule has 4 nitrogen and oxygen atoms in total. The maximum atomic E-state index is 11.9. The van der Waals surface area contributed by atoms with E-state index in [1.54, 1.807) is 30.3 Å². The molecule has 92 valence electrons. The Bertz CT molecular complexity index is 586. The van der Waals surface area contributed by atoms with E-state index in [0.29, 0.717) is 22.1 Å². The van der Waals surface area contributed by atoms with Gasteiger partial charge in [-0.05, 0) is 46.3 Å². The molecule has 2 rings (SSSR count). The highest BCUT2D eigenvalue weighted by Crippen LogP contribution is 2.25. The first kappa shape index (κ1) is 12.9. The molecule has 1 aromatic carbocycles. The number of hydrogen-bond donors (Lipinski definition) is 2. The third-order valence-electron chi connectivity index (χ3n) is 2.20. The molecule has 0 saturated heterocycles. The highest BCUT2D eigenvalue weighted by molar-refractivity contribution is 9.10. The standard InChI is InChI=1S/C12H9BrClN3O/c13-9-3-2-8(5-10(9)14)17-12(18)11-4-1-7(15)6-16-11/h1-6H,15H2,(H,17,18). The Balaban J connectivity index is 2.16. The van der Waals surface area contributed by atoms with Crippen LogP contribution in [0.25, 0.3) is 0 Å². The smallest absolute Gasteiger partial charge is 0.274 e. The van der Waals surface area contributed by atoms with E-state index in [-0.39, 0.29) is 5.91 Å². The lowest BCUT2D eigenvalue weighted by Gasteiger charge is -2.06. The number of pyridine rings is 1. The Morgan fingerprint density at radius 1 is 1.33 bits per heavy atom. The van der Waals surface area contributed by atoms with Crippen molar-refractivity contribution in [3.63, 3.8) is 0 Å². The summed E-state index contributed by atoms with van der Waals surface area (Å²) >= 11 is 9.21. The van der Waals surface area contributed by atoms with Gasteiger partial charge in [0.25, 0.3) is 5.91 Å². The zero-order valence-electron chi connectivity index (χ0n) is 9.15. The summed E-state index contributed by atoms with van der Waals surface area (Å²) in [6.07, 6.45) is 1.43. The molecule has 0 unspecified atom stereocenters. The predicted octanol–water partition coefficient (Wildman–Crippen LogP) is 3.33. The molecule has 0 aliphatic heterocycles. The van der Waals surface area contributed by atoms with Gasteiger partial charge in [0, 0.05) is 10.2 Å². The second kappa shape index (κ2) is 5.37. The molecule has 0 aliphatic rings. The zero-order valence-corrected chi connectivity index (χ0v) is 11.5. The number of nitrogens with zero attached hydrogens (tertiary/aromatic N) is 1. The van der Waals surface area contributed by atoms with E-state index in [9.17, 15) is 4.79 Å². The van der Waals surface area contributed by atoms with Crippen molar-refractivity contribution in [2.24, 2.45) is 0 Å². The van der Waals surface area contributed by atoms with Crippen LogP contribution in [-0.4, -0.2) is 10.9 Å². The van der Waals surface area contributed by atoms with Crippen LogP contribution in [0, 0.1) is 0 Å². The van der Waals surface area contributed by atoms with Crippen LogP contribution >= 0.6 is 27.5 Å². The molecular formula is C12H9BrClN3O. The van der Waals surface area contributed by atoms with E-state index in [0.717, 1.165) is 4.47 Å². The Morgan fingerprint density at radius 2 is 2.11 bits per heavy atom. The predicted molar refractivity (Wildman–Crippen MR) is 75.8 cm³/mol. The van der Waals surface area contributed by atoms with Crippen molar-refractivity contribution in [3.8, 4) is 0 Å². The molecule has 0 fully saturated rings. The van der Waals surface area contributed by atoms with Crippen molar-refractivity contribution in [3.05, 3.63) is 51.7 Å². The maximum Gasteiger partial charge on any atom is 0.274 e. The number of nitrogens with two attached hydrogens (primary N) is 1. The molecule has 1 heterocycles. The molecule has 1 amide bonds. The van der Waals surface area contributed by atoms with Crippen LogP contribution in [0.15, 0.2) is 41.0 Å². The Hall–Kier alpha value is -1.59. The van der Waals surface area contributed by atoms with Gasteiger partial charge >= 0.3 is 0 Å². The summed E-state index contributed by atoms with van der Waals surface area (Å²) in [6.45, 7) is 0. The molecule has 0 atom stereocenters. The van der Waals surface area contributed by atoms with Gasteiger partial charge in [0.1, 0.15) is 5.69 Å². The monoisotopic (exact) mass is 325 g/mol. The number of benzene rings is 1. The Kier molecular flexibility index (Phi) is 3.84. The van der Waals surface area contributed by atoms with Gasteiger partial charge in [0.05, 0.1) is 16.9 Å². The normalized spacial score (nSPS) is 10.1. The first-order valence-electron chi connectivity index (χ1n) is 5.04. The topological polar surface area (TPSA) is 68.0 Å². The number of anilines is 2. The van der Waals surface area contributed by atoms with Crippen LogP contribution in [0.2, 0.25) is 5.02 Å². The largest absolute Gasteiger partial charge is 0.397 e. The molecular weight excluding hydrogens is 318 g/mol. The quantitative estimate of drug-likeness (QED) is 0.889. The van der Waals surface area contributed by atoms with Crippen molar-refractivity contribution < 1.29 is 4.79 Å². The molecule has 0 bridgehead atoms. The maximum absolute atomic E-state index is 11.9. The van der Waals surface area contributed by atoms with Gasteiger partial charge in [-0.25, -0.2) is 4.98 Å². The van der Waals surface area contributed by atoms with Gasteiger partial charge in [0.2, 0.25) is 0 Å². The number of amides is 1. The van der Waals surface area contributed by atoms with E-state index in [4.69, 9.17) is 17.3 Å². The Morgan fingerprint density at radius 3 is 2.72 bits per heavy atom. The third kappa shape index (κ3) is 3.00. The van der Waals surface area contributed by atoms with Crippen molar-refractivity contribution in [1.82, 2.24) is 4.98 Å². The van der Waals surface area contributed by atoms with E-state index in [1.807, 2.05) is 0 Å². The number of aromatic nitrogens is 1. The number of hydrogen-bond acceptors (Lipinski definition) is 3. The van der Waals surface area contributed by atoms with Gasteiger partial charge in [0.15, 0.2) is 0 Å². The van der Waals surface area contributed by atoms with Crippen molar-refractivity contribution in [2.75, 3.05) is 11.1 Å². The van der Waals surface area contributed by atoms with Crippen LogP contribution in [0.3, 0.4) is 0 Å². The fraction of sp³-hybridized carbons (Fsp3) is 0. The lowest BCUT2D eigenvalue weighted by molar-refractivity contribution is 0.102. The molecule has 1 aromatic heterocycles. The van der Waals surface area contributed by atoms with E-state index < -0.39 is 0 Å². The average molecular weight is 327 g/mol. The van der Waals surface area contributed by atoms with E-state index in [2.05, 4.69) is 26.2 Å². The molecule has 0 spiro atoms. The molecule has 6 heteroatoms. The number of carbonyl (C=O) groups excluding carboxylic acids is 1. The van der Waals surface area contributed by atoms with E-state index >= 15 is 0 Å². The number of halogens is 2. The number of nitrogen functional groups attached to an aromatic ring is 1. The number of nitrogens with one attached hydrogen (secondary N) is 1. The Labute approximate surface area is 117 Å². The van der Waals surface area contributed by atoms with Gasteiger partial charge in [-0.1, -0.05) is 11.6 Å². The summed E-state index contributed by atoms with van der Waals surface area (Å²) in [6, 6.07) is 8.34. The minimum Gasteiger partial charge on any atom is -0.397 e. The number of rotatable bonds is 2. The van der Waals surface area contributed by atoms with E-state index in [1.165, 1.54) is 6.20 Å². The van der Waals surface area contributed by atoms with Gasteiger partial charge in [-0.2, -0.15) is 0 Å². The third-order valence-corrected chi connectivity index (χ3v) is 3.43. The first-order valence-corrected chi connectivity index (χ1v) is 6.21. The molecule has 0 radical (unpaired) electrons. The van der Waals surface area contributed by atoms with Crippen molar-refractivity contribution >= 4 is 44.8 Å². The van der Waals surface area contributed by atoms with Crippen LogP contribution in [0.1, 0.15) is 10.5 Å². The minimum absolute atomic E-state index is 0.295. The second-order valence-corrected chi connectivity index (χ2v) is 4.82. The summed E-state index contributed by atoms with van der Waals surface area (Å²) in [5.41, 5.74) is 6.91. The highest BCUT2D eigenvalue weighted by Gasteiger charge is 2.08. The van der Waals surface area contributed by atoms with Crippen LogP contribution in [-0.2, 0) is 0 Å². The SMILES string of the molecule is Nc1ccc(C(=O)Nc2ccc(Br)c(Cl)c2)nc1. The van der Waals surface area contributed by atoms with Crippen molar-refractivity contribution in [2.45, 2.75) is 0 Å². The van der Waals surface area contributed by atoms with Crippen LogP contribution < -0.4 is 11.1 Å². The summed E-state index contributed by atoms with van der Waals surface area (Å²) in [7, 11) is 0. The average Bonchev–Trinajstić information content (AvgIpc) is 2.34. The summed E-state index contributed by atoms with van der Waals surface area (Å²) in [4.78, 5) is 15.8. The van der Waals surface area contributed by atoms with Crippen molar-refractivity contribution in [1.29, 1.82) is 0 Å². The second-order valence-electron chi connectivity index (χ2n) is 3.56. The van der Waals surface area contributed by atoms with Gasteiger partial charge in [-0.15, -0.1) is 0 Å². The summed E-state index contributed by atoms with van der Waals surface area (Å²) in [5.74, 6) is -0.312. The molecule has 3 N–H and O–H groups in total. The molecule has 0 aliphatic carbocycles. The molecule has 0 saturated carbocycles. The van der Waals surface area contributed by atoms with Crippen LogP contribution in [0.4, 0.5) is 11.4 Å². The zero-order chi connectivity index (χ0) is 13.1. The fourth-order valence-corrected chi connectivity index (χ4v) is 1.74. The van der Waals surface area contributed by atoms with Gasteiger partial charge in [-0.3, -0.25) is 4.79 Å². The first-order chi connectivity index (χ1) is 8.56. The lowest BCUT2D eigenvalue weighted by Crippen LogP contribution is -2.13. The number of carbonyl (C=O) groups is 1.